The van der Waals surface area contributed by atoms with Crippen molar-refractivity contribution in [2.75, 3.05) is 28.4 Å². The first-order valence-corrected chi connectivity index (χ1v) is 9.03. The molecule has 0 saturated carbocycles. The minimum absolute atomic E-state index is 0.112. The number of non-ortho nitro benzene ring substituents is 1. The van der Waals surface area contributed by atoms with Crippen LogP contribution in [0, 0.1) is 10.1 Å². The number of dihydropyridines is 1. The number of esters is 4. The van der Waals surface area contributed by atoms with Gasteiger partial charge in [0.15, 0.2) is 0 Å². The number of nitro groups is 1. The molecule has 32 heavy (non-hydrogen) atoms. The van der Waals surface area contributed by atoms with Gasteiger partial charge in [-0.2, -0.15) is 0 Å². The van der Waals surface area contributed by atoms with Crippen molar-refractivity contribution in [2.24, 2.45) is 0 Å². The summed E-state index contributed by atoms with van der Waals surface area (Å²) in [6.07, 6.45) is 0. The second-order valence-electron chi connectivity index (χ2n) is 6.06. The monoisotopic (exact) mass is 468 g/mol. The summed E-state index contributed by atoms with van der Waals surface area (Å²) in [7, 11) is 4.04. The molecule has 0 saturated heterocycles. The lowest BCUT2D eigenvalue weighted by molar-refractivity contribution is -0.384. The lowest BCUT2D eigenvalue weighted by atomic mass is 9.79. The molecule has 13 heteroatoms. The van der Waals surface area contributed by atoms with Crippen LogP contribution in [0.5, 0.6) is 0 Å². The topological polar surface area (TPSA) is 160 Å². The summed E-state index contributed by atoms with van der Waals surface area (Å²) in [6.45, 7) is 0. The Morgan fingerprint density at radius 2 is 1.31 bits per heavy atom. The van der Waals surface area contributed by atoms with Crippen LogP contribution >= 0.6 is 11.6 Å². The highest BCUT2D eigenvalue weighted by Crippen LogP contribution is 2.43. The largest absolute Gasteiger partial charge is 0.466 e. The summed E-state index contributed by atoms with van der Waals surface area (Å²) in [5.74, 6) is -5.98. The molecule has 0 fully saturated rings. The molecule has 0 unspecified atom stereocenters. The molecule has 0 bridgehead atoms. The highest BCUT2D eigenvalue weighted by atomic mass is 35.5. The van der Waals surface area contributed by atoms with Gasteiger partial charge in [0.1, 0.15) is 11.4 Å². The van der Waals surface area contributed by atoms with Crippen LogP contribution in [-0.4, -0.2) is 57.2 Å². The van der Waals surface area contributed by atoms with Crippen LogP contribution in [0.4, 0.5) is 5.69 Å². The first-order valence-electron chi connectivity index (χ1n) is 8.65. The zero-order valence-corrected chi connectivity index (χ0v) is 18.0. The molecule has 0 radical (unpaired) electrons. The zero-order chi connectivity index (χ0) is 24.2. The number of carbonyl (C=O) groups excluding carboxylic acids is 4. The molecule has 170 valence electrons. The van der Waals surface area contributed by atoms with Crippen molar-refractivity contribution in [1.82, 2.24) is 5.32 Å². The summed E-state index contributed by atoms with van der Waals surface area (Å²) in [5.41, 5.74) is -2.67. The third kappa shape index (κ3) is 4.39. The Balaban J connectivity index is 3.05. The van der Waals surface area contributed by atoms with Crippen LogP contribution in [0.3, 0.4) is 0 Å². The Kier molecular flexibility index (Phi) is 7.54. The molecule has 0 amide bonds. The molecule has 0 spiro atoms. The quantitative estimate of drug-likeness (QED) is 0.276. The SMILES string of the molecule is COC(=O)C1=C(C(=O)OC)C(c2cc([N+](=O)[O-])ccc2Cl)C(C(=O)OC)=C(C(=O)OC)N1. The highest BCUT2D eigenvalue weighted by molar-refractivity contribution is 6.31. The van der Waals surface area contributed by atoms with E-state index in [2.05, 4.69) is 14.8 Å². The molecule has 2 rings (SSSR count). The lowest BCUT2D eigenvalue weighted by Crippen LogP contribution is -2.39. The van der Waals surface area contributed by atoms with Gasteiger partial charge >= 0.3 is 23.9 Å². The van der Waals surface area contributed by atoms with Crippen molar-refractivity contribution in [1.29, 1.82) is 0 Å². The van der Waals surface area contributed by atoms with E-state index < -0.39 is 62.9 Å². The van der Waals surface area contributed by atoms with Crippen LogP contribution in [0.2, 0.25) is 5.02 Å². The number of nitrogens with one attached hydrogen (secondary N) is 1. The van der Waals surface area contributed by atoms with Crippen molar-refractivity contribution in [3.63, 3.8) is 0 Å². The van der Waals surface area contributed by atoms with E-state index in [4.69, 9.17) is 21.1 Å². The van der Waals surface area contributed by atoms with Gasteiger partial charge in [-0.3, -0.25) is 10.1 Å². The predicted octanol–water partition coefficient (Wildman–Crippen LogP) is 1.14. The van der Waals surface area contributed by atoms with E-state index in [0.717, 1.165) is 46.6 Å². The van der Waals surface area contributed by atoms with Crippen molar-refractivity contribution in [2.45, 2.75) is 5.92 Å². The van der Waals surface area contributed by atoms with Crippen molar-refractivity contribution >= 4 is 41.2 Å². The lowest BCUT2D eigenvalue weighted by Gasteiger charge is -2.30. The molecule has 0 atom stereocenters. The predicted molar refractivity (Wildman–Crippen MR) is 106 cm³/mol. The molecule has 0 aromatic heterocycles. The van der Waals surface area contributed by atoms with E-state index in [1.165, 1.54) is 0 Å². The minimum Gasteiger partial charge on any atom is -0.466 e. The van der Waals surface area contributed by atoms with Gasteiger partial charge in [0.05, 0.1) is 50.4 Å². The Hall–Kier alpha value is -3.93. The Bertz CT molecular complexity index is 1020. The second-order valence-corrected chi connectivity index (χ2v) is 6.47. The molecule has 12 nitrogen and oxygen atoms in total. The van der Waals surface area contributed by atoms with Crippen molar-refractivity contribution in [3.05, 3.63) is 61.4 Å². The first-order chi connectivity index (χ1) is 15.1. The summed E-state index contributed by atoms with van der Waals surface area (Å²) >= 11 is 6.26. The number of nitrogens with zero attached hydrogens (tertiary/aromatic N) is 1. The molecule has 1 aromatic rings. The number of hydrogen-bond acceptors (Lipinski definition) is 11. The number of carbonyl (C=O) groups is 4. The number of nitro benzene ring substituents is 1. The maximum absolute atomic E-state index is 12.7. The Labute approximate surface area is 185 Å². The van der Waals surface area contributed by atoms with Gasteiger partial charge in [-0.25, -0.2) is 19.2 Å². The van der Waals surface area contributed by atoms with Crippen molar-refractivity contribution < 1.29 is 43.0 Å². The van der Waals surface area contributed by atoms with Crippen LogP contribution in [0.25, 0.3) is 0 Å². The molecular formula is C19H17ClN2O10. The molecule has 0 aliphatic carbocycles. The summed E-state index contributed by atoms with van der Waals surface area (Å²) < 4.78 is 18.9. The average molecular weight is 469 g/mol. The minimum atomic E-state index is -1.59. The molecule has 1 aromatic carbocycles. The summed E-state index contributed by atoms with van der Waals surface area (Å²) in [4.78, 5) is 60.9. The van der Waals surface area contributed by atoms with Gasteiger partial charge in [-0.05, 0) is 11.6 Å². The zero-order valence-electron chi connectivity index (χ0n) is 17.2. The number of rotatable bonds is 6. The average Bonchev–Trinajstić information content (AvgIpc) is 2.80. The molecule has 1 N–H and O–H groups in total. The third-order valence-corrected chi connectivity index (χ3v) is 4.80. The number of methoxy groups -OCH3 is 4. The van der Waals surface area contributed by atoms with Crippen LogP contribution in [0.1, 0.15) is 11.5 Å². The maximum atomic E-state index is 12.7. The third-order valence-electron chi connectivity index (χ3n) is 4.46. The van der Waals surface area contributed by atoms with Crippen LogP contribution < -0.4 is 5.32 Å². The van der Waals surface area contributed by atoms with Gasteiger partial charge in [0.25, 0.3) is 5.69 Å². The maximum Gasteiger partial charge on any atom is 0.355 e. The van der Waals surface area contributed by atoms with Gasteiger partial charge in [-0.1, -0.05) is 11.6 Å². The summed E-state index contributed by atoms with van der Waals surface area (Å²) in [6, 6.07) is 3.25. The van der Waals surface area contributed by atoms with E-state index >= 15 is 0 Å². The van der Waals surface area contributed by atoms with Gasteiger partial charge < -0.3 is 24.3 Å². The fourth-order valence-electron chi connectivity index (χ4n) is 3.06. The van der Waals surface area contributed by atoms with Gasteiger partial charge in [0.2, 0.25) is 0 Å². The smallest absolute Gasteiger partial charge is 0.355 e. The fourth-order valence-corrected chi connectivity index (χ4v) is 3.28. The molecule has 1 heterocycles. The molecular weight excluding hydrogens is 452 g/mol. The fraction of sp³-hybridized carbons (Fsp3) is 0.263. The molecule has 1 aliphatic heterocycles. The van der Waals surface area contributed by atoms with E-state index in [1.807, 2.05) is 0 Å². The van der Waals surface area contributed by atoms with Gasteiger partial charge in [-0.15, -0.1) is 0 Å². The van der Waals surface area contributed by atoms with Crippen LogP contribution in [-0.2, 0) is 38.1 Å². The Morgan fingerprint density at radius 1 is 0.875 bits per heavy atom. The summed E-state index contributed by atoms with van der Waals surface area (Å²) in [5, 5.41) is 13.6. The normalized spacial score (nSPS) is 13.8. The van der Waals surface area contributed by atoms with E-state index in [-0.39, 0.29) is 10.6 Å². The number of hydrogen-bond donors (Lipinski definition) is 1. The van der Waals surface area contributed by atoms with E-state index in [9.17, 15) is 29.3 Å². The molecule has 1 aliphatic rings. The Morgan fingerprint density at radius 3 is 1.69 bits per heavy atom. The van der Waals surface area contributed by atoms with Crippen molar-refractivity contribution in [3.8, 4) is 0 Å². The standard InChI is InChI=1S/C19H17ClN2O10/c1-29-16(23)12-11(9-7-8(22(27)28)5-6-10(9)20)13(17(24)30-2)15(19(26)32-4)21-14(12)18(25)31-3/h5-7,11,21H,1-4H3. The number of ether oxygens (including phenoxy) is 4. The second kappa shape index (κ2) is 9.92. The number of benzene rings is 1. The van der Waals surface area contributed by atoms with E-state index in [1.54, 1.807) is 0 Å². The number of halogens is 1. The van der Waals surface area contributed by atoms with E-state index in [0.29, 0.717) is 0 Å². The highest BCUT2D eigenvalue weighted by Gasteiger charge is 2.45. The van der Waals surface area contributed by atoms with Crippen LogP contribution in [0.15, 0.2) is 40.7 Å². The van der Waals surface area contributed by atoms with Gasteiger partial charge in [0, 0.05) is 17.2 Å². The first kappa shape index (κ1) is 24.3.